The van der Waals surface area contributed by atoms with E-state index in [-0.39, 0.29) is 11.8 Å². The molecule has 0 fully saturated rings. The number of carbonyl (C=O) groups is 2. The van der Waals surface area contributed by atoms with Crippen LogP contribution in [0.4, 0.5) is 5.13 Å². The van der Waals surface area contributed by atoms with Gasteiger partial charge in [-0.25, -0.2) is 4.98 Å². The van der Waals surface area contributed by atoms with E-state index in [9.17, 15) is 9.59 Å². The smallest absolute Gasteiger partial charge is 0.273 e. The summed E-state index contributed by atoms with van der Waals surface area (Å²) >= 11 is 1.25. The van der Waals surface area contributed by atoms with Crippen molar-refractivity contribution in [2.75, 3.05) is 18.4 Å². The summed E-state index contributed by atoms with van der Waals surface area (Å²) in [5, 5.41) is 4.67. The van der Waals surface area contributed by atoms with E-state index in [1.807, 2.05) is 13.8 Å². The second-order valence-corrected chi connectivity index (χ2v) is 4.05. The maximum Gasteiger partial charge on any atom is 0.273 e. The number of thiazole rings is 1. The van der Waals surface area contributed by atoms with Crippen LogP contribution in [0.3, 0.4) is 0 Å². The van der Waals surface area contributed by atoms with E-state index in [0.29, 0.717) is 23.9 Å². The molecule has 0 unspecified atom stereocenters. The summed E-state index contributed by atoms with van der Waals surface area (Å²) in [6.07, 6.45) is 0. The average Bonchev–Trinajstić information content (AvgIpc) is 2.67. The first kappa shape index (κ1) is 12.6. The fraction of sp³-hybridized carbons (Fsp3) is 0.500. The van der Waals surface area contributed by atoms with Gasteiger partial charge in [0, 0.05) is 25.4 Å². The average molecular weight is 241 g/mol. The Morgan fingerprint density at radius 2 is 2.06 bits per heavy atom. The van der Waals surface area contributed by atoms with Crippen molar-refractivity contribution in [3.05, 3.63) is 11.1 Å². The highest BCUT2D eigenvalue weighted by Crippen LogP contribution is 2.16. The van der Waals surface area contributed by atoms with Gasteiger partial charge in [-0.15, -0.1) is 11.3 Å². The first-order chi connectivity index (χ1) is 7.58. The third kappa shape index (κ3) is 3.03. The highest BCUT2D eigenvalue weighted by Gasteiger charge is 2.16. The standard InChI is InChI=1S/C10H15N3O2S/c1-4-13(5-2)9(15)8-6-16-10(12-8)11-7(3)14/h6H,4-5H2,1-3H3,(H,11,12,14). The summed E-state index contributed by atoms with van der Waals surface area (Å²) in [6, 6.07) is 0. The predicted octanol–water partition coefficient (Wildman–Crippen LogP) is 1.58. The largest absolute Gasteiger partial charge is 0.338 e. The molecule has 0 aliphatic carbocycles. The maximum atomic E-state index is 11.9. The van der Waals surface area contributed by atoms with Gasteiger partial charge < -0.3 is 10.2 Å². The van der Waals surface area contributed by atoms with Gasteiger partial charge in [-0.05, 0) is 13.8 Å². The first-order valence-electron chi connectivity index (χ1n) is 5.10. The fourth-order valence-corrected chi connectivity index (χ4v) is 1.98. The number of nitrogens with zero attached hydrogens (tertiary/aromatic N) is 2. The monoisotopic (exact) mass is 241 g/mol. The summed E-state index contributed by atoms with van der Waals surface area (Å²) in [7, 11) is 0. The van der Waals surface area contributed by atoms with E-state index in [1.54, 1.807) is 10.3 Å². The van der Waals surface area contributed by atoms with E-state index >= 15 is 0 Å². The second kappa shape index (κ2) is 5.60. The van der Waals surface area contributed by atoms with Crippen molar-refractivity contribution >= 4 is 28.3 Å². The Labute approximate surface area is 98.5 Å². The number of anilines is 1. The van der Waals surface area contributed by atoms with Crippen LogP contribution in [0.25, 0.3) is 0 Å². The maximum absolute atomic E-state index is 11.9. The molecule has 1 heterocycles. The summed E-state index contributed by atoms with van der Waals surface area (Å²) in [5.74, 6) is -0.283. The molecule has 0 atom stereocenters. The van der Waals surface area contributed by atoms with Crippen LogP contribution in [0.15, 0.2) is 5.38 Å². The van der Waals surface area contributed by atoms with Crippen LogP contribution in [0.1, 0.15) is 31.3 Å². The lowest BCUT2D eigenvalue weighted by molar-refractivity contribution is -0.114. The molecule has 2 amide bonds. The molecule has 0 aliphatic rings. The van der Waals surface area contributed by atoms with E-state index in [2.05, 4.69) is 10.3 Å². The minimum absolute atomic E-state index is 0.0992. The van der Waals surface area contributed by atoms with Gasteiger partial charge in [-0.1, -0.05) is 0 Å². The van der Waals surface area contributed by atoms with Crippen LogP contribution >= 0.6 is 11.3 Å². The molecular weight excluding hydrogens is 226 g/mol. The van der Waals surface area contributed by atoms with Gasteiger partial charge in [-0.2, -0.15) is 0 Å². The molecule has 88 valence electrons. The molecule has 0 aromatic carbocycles. The van der Waals surface area contributed by atoms with Crippen molar-refractivity contribution < 1.29 is 9.59 Å². The molecule has 1 rings (SSSR count). The summed E-state index contributed by atoms with van der Waals surface area (Å²) in [4.78, 5) is 28.4. The van der Waals surface area contributed by atoms with Gasteiger partial charge in [0.1, 0.15) is 5.69 Å². The summed E-state index contributed by atoms with van der Waals surface area (Å²) < 4.78 is 0. The topological polar surface area (TPSA) is 62.3 Å². The van der Waals surface area contributed by atoms with Crippen LogP contribution in [0.5, 0.6) is 0 Å². The van der Waals surface area contributed by atoms with E-state index in [0.717, 1.165) is 0 Å². The Hall–Kier alpha value is -1.43. The number of hydrogen-bond donors (Lipinski definition) is 1. The number of carbonyl (C=O) groups excluding carboxylic acids is 2. The van der Waals surface area contributed by atoms with Crippen LogP contribution in [0.2, 0.25) is 0 Å². The zero-order chi connectivity index (χ0) is 12.1. The molecule has 5 nitrogen and oxygen atoms in total. The molecule has 0 aliphatic heterocycles. The molecule has 6 heteroatoms. The van der Waals surface area contributed by atoms with Gasteiger partial charge >= 0.3 is 0 Å². The van der Waals surface area contributed by atoms with Crippen LogP contribution in [-0.4, -0.2) is 34.8 Å². The fourth-order valence-electron chi connectivity index (χ4n) is 1.25. The second-order valence-electron chi connectivity index (χ2n) is 3.20. The normalized spacial score (nSPS) is 9.94. The van der Waals surface area contributed by atoms with Crippen LogP contribution < -0.4 is 5.32 Å². The molecule has 0 radical (unpaired) electrons. The molecule has 1 aromatic rings. The van der Waals surface area contributed by atoms with Crippen molar-refractivity contribution in [2.45, 2.75) is 20.8 Å². The highest BCUT2D eigenvalue weighted by atomic mass is 32.1. The van der Waals surface area contributed by atoms with Gasteiger partial charge in [0.25, 0.3) is 5.91 Å². The van der Waals surface area contributed by atoms with Crippen molar-refractivity contribution in [1.29, 1.82) is 0 Å². The minimum atomic E-state index is -0.184. The van der Waals surface area contributed by atoms with Crippen molar-refractivity contribution in [2.24, 2.45) is 0 Å². The first-order valence-corrected chi connectivity index (χ1v) is 5.98. The van der Waals surface area contributed by atoms with Crippen molar-refractivity contribution in [3.63, 3.8) is 0 Å². The number of hydrogen-bond acceptors (Lipinski definition) is 4. The Morgan fingerprint density at radius 1 is 1.44 bits per heavy atom. The molecule has 0 saturated carbocycles. The summed E-state index contributed by atoms with van der Waals surface area (Å²) in [5.41, 5.74) is 0.387. The Balaban J connectivity index is 2.77. The molecule has 0 bridgehead atoms. The number of amides is 2. The lowest BCUT2D eigenvalue weighted by Crippen LogP contribution is -2.30. The third-order valence-corrected chi connectivity index (χ3v) is 2.81. The number of aromatic nitrogens is 1. The lowest BCUT2D eigenvalue weighted by Gasteiger charge is -2.16. The quantitative estimate of drug-likeness (QED) is 0.870. The predicted molar refractivity (Wildman–Crippen MR) is 63.7 cm³/mol. The molecular formula is C10H15N3O2S. The van der Waals surface area contributed by atoms with Gasteiger partial charge in [0.05, 0.1) is 0 Å². The van der Waals surface area contributed by atoms with Gasteiger partial charge in [-0.3, -0.25) is 9.59 Å². The van der Waals surface area contributed by atoms with Crippen LogP contribution in [0, 0.1) is 0 Å². The molecule has 16 heavy (non-hydrogen) atoms. The Kier molecular flexibility index (Phi) is 4.42. The third-order valence-electron chi connectivity index (χ3n) is 2.06. The summed E-state index contributed by atoms with van der Waals surface area (Å²) in [6.45, 7) is 6.56. The Morgan fingerprint density at radius 3 is 2.56 bits per heavy atom. The SMILES string of the molecule is CCN(CC)C(=O)c1csc(NC(C)=O)n1. The Bertz CT molecular complexity index is 385. The molecule has 0 spiro atoms. The molecule has 1 N–H and O–H groups in total. The lowest BCUT2D eigenvalue weighted by atomic mass is 10.4. The van der Waals surface area contributed by atoms with Crippen LogP contribution in [-0.2, 0) is 4.79 Å². The van der Waals surface area contributed by atoms with Crippen molar-refractivity contribution in [3.8, 4) is 0 Å². The molecule has 0 saturated heterocycles. The van der Waals surface area contributed by atoms with E-state index < -0.39 is 0 Å². The van der Waals surface area contributed by atoms with E-state index in [1.165, 1.54) is 18.3 Å². The van der Waals surface area contributed by atoms with Gasteiger partial charge in [0.2, 0.25) is 5.91 Å². The number of rotatable bonds is 4. The zero-order valence-corrected chi connectivity index (χ0v) is 10.4. The molecule has 1 aromatic heterocycles. The number of nitrogens with one attached hydrogen (secondary N) is 1. The van der Waals surface area contributed by atoms with Crippen molar-refractivity contribution in [1.82, 2.24) is 9.88 Å². The highest BCUT2D eigenvalue weighted by molar-refractivity contribution is 7.14. The minimum Gasteiger partial charge on any atom is -0.338 e. The zero-order valence-electron chi connectivity index (χ0n) is 9.61. The van der Waals surface area contributed by atoms with Gasteiger partial charge in [0.15, 0.2) is 5.13 Å². The van der Waals surface area contributed by atoms with E-state index in [4.69, 9.17) is 0 Å².